The number of rotatable bonds is 6. The van der Waals surface area contributed by atoms with Crippen molar-refractivity contribution in [3.05, 3.63) is 41.7 Å². The van der Waals surface area contributed by atoms with Gasteiger partial charge in [0, 0.05) is 18.3 Å². The van der Waals surface area contributed by atoms with Gasteiger partial charge in [0.15, 0.2) is 31.9 Å². The molecule has 0 amide bonds. The molecule has 1 heterocycles. The molecule has 0 radical (unpaired) electrons. The fourth-order valence-electron chi connectivity index (χ4n) is 1.85. The summed E-state index contributed by atoms with van der Waals surface area (Å²) in [6, 6.07) is 3.61. The zero-order valence-corrected chi connectivity index (χ0v) is 14.1. The van der Waals surface area contributed by atoms with Crippen molar-refractivity contribution in [3.8, 4) is 0 Å². The monoisotopic (exact) mass is 333 g/mol. The van der Waals surface area contributed by atoms with Crippen molar-refractivity contribution < 1.29 is 28.4 Å². The quantitative estimate of drug-likeness (QED) is 0.463. The van der Waals surface area contributed by atoms with Gasteiger partial charge in [-0.2, -0.15) is 0 Å². The summed E-state index contributed by atoms with van der Waals surface area (Å²) in [5, 5.41) is -1.70. The van der Waals surface area contributed by atoms with Crippen LogP contribution in [0.2, 0.25) is 0 Å². The van der Waals surface area contributed by atoms with E-state index >= 15 is 0 Å². The van der Waals surface area contributed by atoms with Crippen molar-refractivity contribution >= 4 is 15.0 Å². The number of aromatic nitrogens is 1. The first-order valence-corrected chi connectivity index (χ1v) is 10.3. The Hall–Kier alpha value is -0.770. The van der Waals surface area contributed by atoms with Crippen molar-refractivity contribution in [3.63, 3.8) is 0 Å². The third kappa shape index (κ3) is 6.25. The Morgan fingerprint density at radius 1 is 1.43 bits per heavy atom. The molecule has 1 aromatic heterocycles. The molecule has 0 aliphatic carbocycles. The van der Waals surface area contributed by atoms with Gasteiger partial charge in [0.25, 0.3) is 0 Å². The number of pyridine rings is 1. The summed E-state index contributed by atoms with van der Waals surface area (Å²) in [6.45, 7) is 4.63. The van der Waals surface area contributed by atoms with Gasteiger partial charge >= 0.3 is 0 Å². The van der Waals surface area contributed by atoms with E-state index in [1.807, 2.05) is 26.0 Å². The molecule has 0 saturated heterocycles. The van der Waals surface area contributed by atoms with Gasteiger partial charge in [-0.05, 0) is 26.3 Å². The molecule has 6 nitrogen and oxygen atoms in total. The summed E-state index contributed by atoms with van der Waals surface area (Å²) in [5.41, 5.74) is 2.11. The Bertz CT molecular complexity index is 591. The molecule has 0 bridgehead atoms. The minimum absolute atomic E-state index is 0.260. The molecule has 0 saturated carbocycles. The van der Waals surface area contributed by atoms with E-state index in [9.17, 15) is 18.9 Å². The van der Waals surface area contributed by atoms with Crippen LogP contribution in [0.15, 0.2) is 36.2 Å². The number of hydrogen-bond donors (Lipinski definition) is 2. The highest BCUT2D eigenvalue weighted by molar-refractivity contribution is 7.72. The Morgan fingerprint density at radius 2 is 2.05 bits per heavy atom. The SMILES string of the molecule is CC(C)=CCc1ccc[n+](CC(P(C)(=O)O)P(=O)([O-])O)c1. The fraction of sp³-hybridized carbons (Fsp3) is 0.462. The highest BCUT2D eigenvalue weighted by atomic mass is 31.2. The Labute approximate surface area is 124 Å². The van der Waals surface area contributed by atoms with E-state index in [0.29, 0.717) is 6.42 Å². The Kier molecular flexibility index (Phi) is 6.09. The average molecular weight is 333 g/mol. The normalized spacial score (nSPS) is 18.4. The molecule has 0 aliphatic heterocycles. The first-order chi connectivity index (χ1) is 9.50. The predicted octanol–water partition coefficient (Wildman–Crippen LogP) is 1.25. The lowest BCUT2D eigenvalue weighted by molar-refractivity contribution is -0.695. The molecule has 0 aliphatic rings. The standard InChI is InChI=1S/C13H21NO5P2/c1-11(2)6-7-12-5-4-8-14(9-12)10-13(20(3,15)16)21(17,18)19/h4-6,8-9,13H,7,10H2,1-3H3,(H2-,15,16,17,18,19). The van der Waals surface area contributed by atoms with E-state index in [1.165, 1.54) is 4.57 Å². The van der Waals surface area contributed by atoms with E-state index in [1.54, 1.807) is 18.5 Å². The first-order valence-electron chi connectivity index (χ1n) is 6.45. The number of allylic oxidation sites excluding steroid dienone is 2. The first kappa shape index (κ1) is 18.3. The van der Waals surface area contributed by atoms with Crippen LogP contribution in [0, 0.1) is 0 Å². The van der Waals surface area contributed by atoms with E-state index in [-0.39, 0.29) is 6.54 Å². The minimum atomic E-state index is -4.90. The number of nitrogens with zero attached hydrogens (tertiary/aromatic N) is 1. The zero-order chi connectivity index (χ0) is 16.3. The maximum absolute atomic E-state index is 11.7. The lowest BCUT2D eigenvalue weighted by atomic mass is 10.1. The van der Waals surface area contributed by atoms with Gasteiger partial charge in [-0.25, -0.2) is 4.57 Å². The molecule has 21 heavy (non-hydrogen) atoms. The molecule has 8 heteroatoms. The topological polar surface area (TPSA) is 102 Å². The van der Waals surface area contributed by atoms with Crippen molar-refractivity contribution in [1.29, 1.82) is 0 Å². The van der Waals surface area contributed by atoms with Gasteiger partial charge in [-0.15, -0.1) is 0 Å². The van der Waals surface area contributed by atoms with Crippen molar-refractivity contribution in [1.82, 2.24) is 0 Å². The van der Waals surface area contributed by atoms with Crippen LogP contribution in [0.1, 0.15) is 19.4 Å². The molecule has 3 unspecified atom stereocenters. The summed E-state index contributed by atoms with van der Waals surface area (Å²) in [6.07, 6.45) is 6.02. The van der Waals surface area contributed by atoms with Gasteiger partial charge in [0.2, 0.25) is 7.37 Å². The van der Waals surface area contributed by atoms with Crippen LogP contribution >= 0.6 is 15.0 Å². The van der Waals surface area contributed by atoms with Crippen LogP contribution in [0.4, 0.5) is 0 Å². The van der Waals surface area contributed by atoms with Crippen molar-refractivity contribution in [2.75, 3.05) is 6.66 Å². The van der Waals surface area contributed by atoms with Gasteiger partial charge in [0.1, 0.15) is 0 Å². The molecule has 118 valence electrons. The van der Waals surface area contributed by atoms with E-state index in [2.05, 4.69) is 0 Å². The second-order valence-electron chi connectivity index (χ2n) is 5.38. The maximum atomic E-state index is 11.7. The Morgan fingerprint density at radius 3 is 2.52 bits per heavy atom. The molecule has 0 spiro atoms. The summed E-state index contributed by atoms with van der Waals surface area (Å²) in [7, 11) is -8.87. The third-order valence-electron chi connectivity index (χ3n) is 2.97. The predicted molar refractivity (Wildman–Crippen MR) is 79.1 cm³/mol. The van der Waals surface area contributed by atoms with Crippen LogP contribution in [0.5, 0.6) is 0 Å². The second kappa shape index (κ2) is 6.99. The van der Waals surface area contributed by atoms with Gasteiger partial charge in [-0.1, -0.05) is 11.6 Å². The van der Waals surface area contributed by atoms with Crippen LogP contribution in [0.25, 0.3) is 0 Å². The van der Waals surface area contributed by atoms with Crippen LogP contribution < -0.4 is 9.46 Å². The van der Waals surface area contributed by atoms with Gasteiger partial charge < -0.3 is 19.2 Å². The third-order valence-corrected chi connectivity index (χ3v) is 7.32. The smallest absolute Gasteiger partial charge is 0.215 e. The number of hydrogen-bond acceptors (Lipinski definition) is 3. The molecule has 3 atom stereocenters. The van der Waals surface area contributed by atoms with Crippen LogP contribution in [0.3, 0.4) is 0 Å². The van der Waals surface area contributed by atoms with E-state index in [4.69, 9.17) is 4.89 Å². The fourth-order valence-corrected chi connectivity index (χ4v) is 4.90. The van der Waals surface area contributed by atoms with Crippen LogP contribution in [-0.4, -0.2) is 21.9 Å². The lowest BCUT2D eigenvalue weighted by Gasteiger charge is -2.26. The molecular formula is C13H21NO5P2. The summed E-state index contributed by atoms with van der Waals surface area (Å²) < 4.78 is 24.5. The molecular weight excluding hydrogens is 312 g/mol. The molecule has 0 aromatic carbocycles. The highest BCUT2D eigenvalue weighted by Crippen LogP contribution is 2.57. The van der Waals surface area contributed by atoms with Crippen molar-refractivity contribution in [2.24, 2.45) is 0 Å². The van der Waals surface area contributed by atoms with Crippen LogP contribution in [-0.2, 0) is 22.1 Å². The molecule has 2 N–H and O–H groups in total. The largest absolute Gasteiger partial charge is 0.778 e. The summed E-state index contributed by atoms with van der Waals surface area (Å²) >= 11 is 0. The summed E-state index contributed by atoms with van der Waals surface area (Å²) in [5.74, 6) is 0. The van der Waals surface area contributed by atoms with E-state index in [0.717, 1.165) is 17.8 Å². The highest BCUT2D eigenvalue weighted by Gasteiger charge is 2.37. The van der Waals surface area contributed by atoms with E-state index < -0.39 is 20.4 Å². The van der Waals surface area contributed by atoms with Crippen molar-refractivity contribution in [2.45, 2.75) is 32.2 Å². The molecule has 1 aromatic rings. The lowest BCUT2D eigenvalue weighted by Crippen LogP contribution is -2.40. The minimum Gasteiger partial charge on any atom is -0.778 e. The second-order valence-corrected chi connectivity index (χ2v) is 10.1. The molecule has 1 rings (SSSR count). The zero-order valence-electron chi connectivity index (χ0n) is 12.3. The average Bonchev–Trinajstić information content (AvgIpc) is 2.31. The Balaban J connectivity index is 3.01. The molecule has 0 fully saturated rings. The maximum Gasteiger partial charge on any atom is 0.215 e. The van der Waals surface area contributed by atoms with Gasteiger partial charge in [0.05, 0.1) is 0 Å². The van der Waals surface area contributed by atoms with Gasteiger partial charge in [-0.3, -0.25) is 4.57 Å². The summed E-state index contributed by atoms with van der Waals surface area (Å²) in [4.78, 5) is 30.0.